The predicted molar refractivity (Wildman–Crippen MR) is 178 cm³/mol. The molecule has 0 fully saturated rings. The minimum atomic E-state index is -0.760. The number of carbonyl (C=O) groups excluding carboxylic acids is 1. The molecular weight excluding hydrogens is 522 g/mol. The molecule has 0 saturated carbocycles. The molecule has 1 spiro atoms. The first kappa shape index (κ1) is 26.9. The lowest BCUT2D eigenvalue weighted by atomic mass is 9.54. The quantitative estimate of drug-likeness (QED) is 0.201. The molecule has 210 valence electrons. The summed E-state index contributed by atoms with van der Waals surface area (Å²) < 4.78 is 0. The maximum Gasteiger partial charge on any atom is 0.173 e. The standard InChI is InChI=1S/C41H35NO/c1-29-23-25-34(26-24-29)40(2)36-21-13-14-22-37(36)42(3)41(40)28-33(30-15-7-4-8-16-30)27-35(31-17-9-5-10-18-31)38(41)39(43)32-19-11-6-12-20-32/h4-28,38H,1-3H3/t38-,40+,41-/m1/s1. The third kappa shape index (κ3) is 4.05. The Morgan fingerprint density at radius 3 is 1.88 bits per heavy atom. The van der Waals surface area contributed by atoms with Gasteiger partial charge in [-0.2, -0.15) is 0 Å². The molecule has 1 aliphatic heterocycles. The van der Waals surface area contributed by atoms with E-state index in [0.717, 1.165) is 33.5 Å². The third-order valence-electron chi connectivity index (χ3n) is 9.76. The molecule has 2 heteroatoms. The van der Waals surface area contributed by atoms with Crippen molar-refractivity contribution in [3.8, 4) is 0 Å². The highest BCUT2D eigenvalue weighted by molar-refractivity contribution is 6.10. The molecule has 0 amide bonds. The zero-order valence-electron chi connectivity index (χ0n) is 24.9. The van der Waals surface area contributed by atoms with Gasteiger partial charge in [-0.05, 0) is 65.5 Å². The Morgan fingerprint density at radius 1 is 0.674 bits per heavy atom. The fourth-order valence-electron chi connectivity index (χ4n) is 7.57. The van der Waals surface area contributed by atoms with Gasteiger partial charge in [0.05, 0.1) is 11.5 Å². The van der Waals surface area contributed by atoms with Crippen LogP contribution < -0.4 is 4.90 Å². The molecule has 0 saturated heterocycles. The van der Waals surface area contributed by atoms with Crippen molar-refractivity contribution in [1.82, 2.24) is 0 Å². The lowest BCUT2D eigenvalue weighted by molar-refractivity contribution is 0.0892. The van der Waals surface area contributed by atoms with E-state index in [4.69, 9.17) is 0 Å². The number of para-hydroxylation sites is 1. The Balaban J connectivity index is 1.62. The molecule has 0 N–H and O–H groups in total. The van der Waals surface area contributed by atoms with Gasteiger partial charge < -0.3 is 4.90 Å². The Hall–Kier alpha value is -4.95. The van der Waals surface area contributed by atoms with Gasteiger partial charge >= 0.3 is 0 Å². The van der Waals surface area contributed by atoms with Crippen LogP contribution in [0.25, 0.3) is 11.1 Å². The summed E-state index contributed by atoms with van der Waals surface area (Å²) >= 11 is 0. The van der Waals surface area contributed by atoms with E-state index in [1.54, 1.807) is 0 Å². The largest absolute Gasteiger partial charge is 0.363 e. The first-order valence-electron chi connectivity index (χ1n) is 15.0. The van der Waals surface area contributed by atoms with Crippen LogP contribution >= 0.6 is 0 Å². The average molecular weight is 558 g/mol. The van der Waals surface area contributed by atoms with Crippen LogP contribution in [0.1, 0.15) is 45.1 Å². The van der Waals surface area contributed by atoms with Crippen molar-refractivity contribution >= 4 is 22.6 Å². The first-order chi connectivity index (χ1) is 20.9. The number of carbonyl (C=O) groups is 1. The Bertz CT molecular complexity index is 1850. The van der Waals surface area contributed by atoms with E-state index < -0.39 is 16.9 Å². The molecule has 5 aromatic rings. The van der Waals surface area contributed by atoms with Gasteiger partial charge in [0.15, 0.2) is 5.78 Å². The molecule has 1 heterocycles. The summed E-state index contributed by atoms with van der Waals surface area (Å²) in [6, 6.07) is 48.5. The van der Waals surface area contributed by atoms with Gasteiger partial charge in [0.25, 0.3) is 0 Å². The van der Waals surface area contributed by atoms with Gasteiger partial charge in [-0.3, -0.25) is 4.79 Å². The second-order valence-electron chi connectivity index (χ2n) is 12.0. The minimum absolute atomic E-state index is 0.122. The number of allylic oxidation sites excluding steroid dienone is 2. The van der Waals surface area contributed by atoms with Crippen LogP contribution in [-0.4, -0.2) is 18.4 Å². The molecule has 2 nitrogen and oxygen atoms in total. The van der Waals surface area contributed by atoms with Crippen LogP contribution in [-0.2, 0) is 5.41 Å². The molecular formula is C41H35NO. The number of anilines is 1. The SMILES string of the molecule is Cc1ccc([C@@]2(C)c3ccccc3N(C)[C@@]23C=C(c2ccccc2)C=C(c2ccccc2)[C@@H]3C(=O)c2ccccc2)cc1. The van der Waals surface area contributed by atoms with Crippen LogP contribution in [0.2, 0.25) is 0 Å². The van der Waals surface area contributed by atoms with Gasteiger partial charge in [0.1, 0.15) is 0 Å². The molecule has 1 aliphatic carbocycles. The summed E-state index contributed by atoms with van der Waals surface area (Å²) in [4.78, 5) is 17.6. The van der Waals surface area contributed by atoms with E-state index in [1.165, 1.54) is 16.7 Å². The highest BCUT2D eigenvalue weighted by Gasteiger charge is 2.64. The number of benzene rings is 5. The maximum atomic E-state index is 15.2. The Labute approximate surface area is 254 Å². The number of Topliss-reactive ketones (excluding diaryl/α,β-unsaturated/α-hetero) is 1. The number of ketones is 1. The molecule has 0 aromatic heterocycles. The van der Waals surface area contributed by atoms with E-state index >= 15 is 4.79 Å². The van der Waals surface area contributed by atoms with Crippen LogP contribution in [0.4, 0.5) is 5.69 Å². The number of hydrogen-bond donors (Lipinski definition) is 0. The Kier molecular flexibility index (Phi) is 6.51. The van der Waals surface area contributed by atoms with Crippen LogP contribution in [0.5, 0.6) is 0 Å². The van der Waals surface area contributed by atoms with Crippen molar-refractivity contribution in [3.63, 3.8) is 0 Å². The zero-order valence-corrected chi connectivity index (χ0v) is 24.9. The fraction of sp³-hybridized carbons (Fsp3) is 0.146. The molecule has 0 unspecified atom stereocenters. The third-order valence-corrected chi connectivity index (χ3v) is 9.76. The smallest absolute Gasteiger partial charge is 0.173 e. The summed E-state index contributed by atoms with van der Waals surface area (Å²) in [6.45, 7) is 4.47. The van der Waals surface area contributed by atoms with Gasteiger partial charge in [-0.15, -0.1) is 0 Å². The van der Waals surface area contributed by atoms with Crippen molar-refractivity contribution in [2.45, 2.75) is 24.8 Å². The molecule has 0 bridgehead atoms. The van der Waals surface area contributed by atoms with E-state index in [0.29, 0.717) is 0 Å². The number of hydrogen-bond acceptors (Lipinski definition) is 2. The summed E-state index contributed by atoms with van der Waals surface area (Å²) in [5.41, 5.74) is 8.54. The number of aryl methyl sites for hydroxylation is 1. The maximum absolute atomic E-state index is 15.2. The summed E-state index contributed by atoms with van der Waals surface area (Å²) in [5, 5.41) is 0. The highest BCUT2D eigenvalue weighted by atomic mass is 16.1. The first-order valence-corrected chi connectivity index (χ1v) is 15.0. The molecule has 5 aromatic carbocycles. The van der Waals surface area contributed by atoms with Crippen molar-refractivity contribution in [2.24, 2.45) is 5.92 Å². The summed E-state index contributed by atoms with van der Waals surface area (Å²) in [5.74, 6) is -0.370. The second-order valence-corrected chi connectivity index (χ2v) is 12.0. The number of nitrogens with zero attached hydrogens (tertiary/aromatic N) is 1. The van der Waals surface area contributed by atoms with Gasteiger partial charge in [-0.1, -0.05) is 139 Å². The van der Waals surface area contributed by atoms with Crippen molar-refractivity contribution < 1.29 is 4.79 Å². The predicted octanol–water partition coefficient (Wildman–Crippen LogP) is 9.17. The van der Waals surface area contributed by atoms with E-state index in [1.807, 2.05) is 36.4 Å². The number of rotatable bonds is 5. The van der Waals surface area contributed by atoms with E-state index in [-0.39, 0.29) is 5.78 Å². The lowest BCUT2D eigenvalue weighted by Gasteiger charge is -2.53. The van der Waals surface area contributed by atoms with Crippen LogP contribution in [0.3, 0.4) is 0 Å². The topological polar surface area (TPSA) is 20.3 Å². The molecule has 43 heavy (non-hydrogen) atoms. The second kappa shape index (κ2) is 10.4. The lowest BCUT2D eigenvalue weighted by Crippen LogP contribution is -2.62. The van der Waals surface area contributed by atoms with Crippen LogP contribution in [0.15, 0.2) is 152 Å². The monoisotopic (exact) mass is 557 g/mol. The number of fused-ring (bicyclic) bond motifs is 1. The van der Waals surface area contributed by atoms with E-state index in [9.17, 15) is 0 Å². The molecule has 0 radical (unpaired) electrons. The summed E-state index contributed by atoms with van der Waals surface area (Å²) in [6.07, 6.45) is 4.66. The van der Waals surface area contributed by atoms with Crippen LogP contribution in [0, 0.1) is 12.8 Å². The van der Waals surface area contributed by atoms with Crippen molar-refractivity contribution in [1.29, 1.82) is 0 Å². The van der Waals surface area contributed by atoms with Gasteiger partial charge in [0.2, 0.25) is 0 Å². The molecule has 7 rings (SSSR count). The fourth-order valence-corrected chi connectivity index (χ4v) is 7.57. The van der Waals surface area contributed by atoms with Gasteiger partial charge in [-0.25, -0.2) is 0 Å². The molecule has 3 atom stereocenters. The van der Waals surface area contributed by atoms with Crippen molar-refractivity contribution in [2.75, 3.05) is 11.9 Å². The highest BCUT2D eigenvalue weighted by Crippen LogP contribution is 2.62. The average Bonchev–Trinajstić information content (AvgIpc) is 3.25. The van der Waals surface area contributed by atoms with Crippen molar-refractivity contribution in [3.05, 3.63) is 185 Å². The zero-order chi connectivity index (χ0) is 29.6. The summed E-state index contributed by atoms with van der Waals surface area (Å²) in [7, 11) is 2.18. The van der Waals surface area contributed by atoms with Gasteiger partial charge in [0, 0.05) is 23.7 Å². The molecule has 2 aliphatic rings. The number of likely N-dealkylation sites (N-methyl/N-ethyl adjacent to an activating group) is 1. The van der Waals surface area contributed by atoms with E-state index in [2.05, 4.69) is 141 Å². The minimum Gasteiger partial charge on any atom is -0.363 e. The Morgan fingerprint density at radius 2 is 1.23 bits per heavy atom. The normalized spacial score (nSPS) is 22.6.